The average Bonchev–Trinajstić information content (AvgIpc) is 3.04. The Kier molecular flexibility index (Phi) is 9.39. The SMILES string of the molecule is Cc1cc(Cl)ccc1-c1c(O)c(C)c(-c2ccc(F)cc2)oc1=O.Cc1cc(F)ccc1-c1c(O)c(C)c(-c2ccccn2)oc1=O. The zero-order valence-electron chi connectivity index (χ0n) is 25.7. The number of benzene rings is 3. The maximum absolute atomic E-state index is 13.3. The lowest BCUT2D eigenvalue weighted by Crippen LogP contribution is -2.07. The monoisotopic (exact) mass is 655 g/mol. The van der Waals surface area contributed by atoms with Gasteiger partial charge in [0, 0.05) is 27.9 Å². The van der Waals surface area contributed by atoms with Gasteiger partial charge in [-0.25, -0.2) is 18.4 Å². The highest BCUT2D eigenvalue weighted by Crippen LogP contribution is 2.37. The van der Waals surface area contributed by atoms with Gasteiger partial charge < -0.3 is 19.0 Å². The van der Waals surface area contributed by atoms with Crippen LogP contribution in [-0.4, -0.2) is 15.2 Å². The summed E-state index contributed by atoms with van der Waals surface area (Å²) >= 11 is 5.94. The third-order valence-electron chi connectivity index (χ3n) is 7.58. The summed E-state index contributed by atoms with van der Waals surface area (Å²) in [6.07, 6.45) is 1.57. The van der Waals surface area contributed by atoms with E-state index in [-0.39, 0.29) is 34.1 Å². The van der Waals surface area contributed by atoms with Gasteiger partial charge in [-0.15, -0.1) is 0 Å². The smallest absolute Gasteiger partial charge is 0.348 e. The molecule has 0 amide bonds. The molecule has 6 aromatic rings. The molecule has 0 spiro atoms. The lowest BCUT2D eigenvalue weighted by atomic mass is 9.98. The van der Waals surface area contributed by atoms with E-state index in [0.29, 0.717) is 44.1 Å². The highest BCUT2D eigenvalue weighted by Gasteiger charge is 2.22. The highest BCUT2D eigenvalue weighted by atomic mass is 35.5. The highest BCUT2D eigenvalue weighted by molar-refractivity contribution is 6.30. The fraction of sp³-hybridized carbons (Fsp3) is 0.108. The molecule has 47 heavy (non-hydrogen) atoms. The first-order chi connectivity index (χ1) is 22.4. The second-order valence-electron chi connectivity index (χ2n) is 10.8. The Labute approximate surface area is 273 Å². The molecular weight excluding hydrogens is 628 g/mol. The van der Waals surface area contributed by atoms with Crippen LogP contribution in [0, 0.1) is 39.3 Å². The summed E-state index contributed by atoms with van der Waals surface area (Å²) in [7, 11) is 0. The Morgan fingerprint density at radius 2 is 1.19 bits per heavy atom. The van der Waals surface area contributed by atoms with Gasteiger partial charge in [-0.2, -0.15) is 0 Å². The summed E-state index contributed by atoms with van der Waals surface area (Å²) in [5.41, 5.74) is 2.83. The van der Waals surface area contributed by atoms with Crippen molar-refractivity contribution in [3.8, 4) is 56.5 Å². The minimum atomic E-state index is -0.691. The molecule has 0 radical (unpaired) electrons. The van der Waals surface area contributed by atoms with E-state index in [2.05, 4.69) is 4.98 Å². The van der Waals surface area contributed by atoms with Gasteiger partial charge in [-0.05, 0) is 111 Å². The van der Waals surface area contributed by atoms with Crippen molar-refractivity contribution in [3.05, 3.63) is 145 Å². The van der Waals surface area contributed by atoms with Gasteiger partial charge >= 0.3 is 11.3 Å². The Hall–Kier alpha value is -5.54. The fourth-order valence-corrected chi connectivity index (χ4v) is 5.36. The van der Waals surface area contributed by atoms with Crippen LogP contribution in [0.4, 0.5) is 8.78 Å². The first kappa shape index (κ1) is 32.8. The molecule has 0 fully saturated rings. The molecule has 0 aliphatic carbocycles. The maximum atomic E-state index is 13.3. The number of halogens is 3. The molecule has 6 rings (SSSR count). The summed E-state index contributed by atoms with van der Waals surface area (Å²) in [5.74, 6) is -0.703. The van der Waals surface area contributed by atoms with Crippen LogP contribution < -0.4 is 11.3 Å². The first-order valence-corrected chi connectivity index (χ1v) is 14.7. The van der Waals surface area contributed by atoms with Gasteiger partial charge in [-0.3, -0.25) is 4.98 Å². The zero-order chi connectivity index (χ0) is 34.0. The van der Waals surface area contributed by atoms with Gasteiger partial charge in [-0.1, -0.05) is 29.8 Å². The van der Waals surface area contributed by atoms with E-state index >= 15 is 0 Å². The summed E-state index contributed by atoms with van der Waals surface area (Å²) < 4.78 is 37.1. The second kappa shape index (κ2) is 13.4. The summed E-state index contributed by atoms with van der Waals surface area (Å²) in [6.45, 7) is 6.75. The number of rotatable bonds is 4. The van der Waals surface area contributed by atoms with Crippen LogP contribution in [0.15, 0.2) is 103 Å². The maximum Gasteiger partial charge on any atom is 0.348 e. The molecule has 0 bridgehead atoms. The minimum Gasteiger partial charge on any atom is -0.507 e. The summed E-state index contributed by atoms with van der Waals surface area (Å²) in [6, 6.07) is 19.7. The Balaban J connectivity index is 0.000000185. The molecule has 0 saturated carbocycles. The van der Waals surface area contributed by atoms with Crippen LogP contribution in [0.25, 0.3) is 45.0 Å². The van der Waals surface area contributed by atoms with Crippen LogP contribution in [0.2, 0.25) is 5.02 Å². The normalized spacial score (nSPS) is 10.8. The van der Waals surface area contributed by atoms with Crippen LogP contribution in [0.3, 0.4) is 0 Å². The van der Waals surface area contributed by atoms with Crippen LogP contribution >= 0.6 is 11.6 Å². The molecule has 0 atom stereocenters. The van der Waals surface area contributed by atoms with E-state index in [4.69, 9.17) is 20.4 Å². The lowest BCUT2D eigenvalue weighted by Gasteiger charge is -2.12. The van der Waals surface area contributed by atoms with Crippen molar-refractivity contribution >= 4 is 11.6 Å². The van der Waals surface area contributed by atoms with Crippen molar-refractivity contribution < 1.29 is 27.8 Å². The van der Waals surface area contributed by atoms with Crippen LogP contribution in [0.5, 0.6) is 11.5 Å². The molecule has 3 heterocycles. The van der Waals surface area contributed by atoms with Crippen molar-refractivity contribution in [1.82, 2.24) is 4.98 Å². The zero-order valence-corrected chi connectivity index (χ0v) is 26.4. The molecule has 10 heteroatoms. The Morgan fingerprint density at radius 3 is 1.74 bits per heavy atom. The predicted molar refractivity (Wildman–Crippen MR) is 177 cm³/mol. The van der Waals surface area contributed by atoms with Crippen molar-refractivity contribution in [1.29, 1.82) is 0 Å². The third-order valence-corrected chi connectivity index (χ3v) is 7.82. The molecule has 0 aliphatic rings. The lowest BCUT2D eigenvalue weighted by molar-refractivity contribution is 0.449. The average molecular weight is 656 g/mol. The summed E-state index contributed by atoms with van der Waals surface area (Å²) in [5, 5.41) is 21.6. The standard InChI is InChI=1S/C19H14ClFO3.C18H14FNO3/c1-10-9-13(20)5-8-15(10)16-17(22)11(2)18(24-19(16)23)12-3-6-14(21)7-4-12;1-10-9-12(19)6-7-13(10)15-16(21)11(2)17(23-18(15)22)14-5-3-4-8-20-14/h3-9,22H,1-2H3;3-9,21H,1-2H3. The molecule has 3 aromatic carbocycles. The van der Waals surface area contributed by atoms with E-state index in [0.717, 1.165) is 5.56 Å². The van der Waals surface area contributed by atoms with Gasteiger partial charge in [0.05, 0.1) is 0 Å². The molecule has 0 unspecified atom stereocenters. The number of pyridine rings is 1. The van der Waals surface area contributed by atoms with E-state index in [1.807, 2.05) is 0 Å². The predicted octanol–water partition coefficient (Wildman–Crippen LogP) is 8.92. The first-order valence-electron chi connectivity index (χ1n) is 14.3. The van der Waals surface area contributed by atoms with Gasteiger partial charge in [0.1, 0.15) is 45.7 Å². The van der Waals surface area contributed by atoms with Crippen molar-refractivity contribution in [2.45, 2.75) is 27.7 Å². The van der Waals surface area contributed by atoms with Crippen LogP contribution in [0.1, 0.15) is 22.3 Å². The number of nitrogens with zero attached hydrogens (tertiary/aromatic N) is 1. The van der Waals surface area contributed by atoms with Gasteiger partial charge in [0.15, 0.2) is 5.76 Å². The van der Waals surface area contributed by atoms with E-state index in [1.54, 1.807) is 70.3 Å². The molecule has 2 N–H and O–H groups in total. The fourth-order valence-electron chi connectivity index (χ4n) is 5.13. The number of aryl methyl sites for hydroxylation is 2. The molecule has 0 saturated heterocycles. The van der Waals surface area contributed by atoms with Gasteiger partial charge in [0.2, 0.25) is 0 Å². The Bertz CT molecular complexity index is 2230. The van der Waals surface area contributed by atoms with E-state index < -0.39 is 22.9 Å². The number of aromatic hydroxyl groups is 2. The minimum absolute atomic E-state index is 0.0275. The summed E-state index contributed by atoms with van der Waals surface area (Å²) in [4.78, 5) is 29.0. The van der Waals surface area contributed by atoms with E-state index in [9.17, 15) is 28.6 Å². The number of hydrogen-bond donors (Lipinski definition) is 2. The van der Waals surface area contributed by atoms with Crippen LogP contribution in [-0.2, 0) is 0 Å². The van der Waals surface area contributed by atoms with Gasteiger partial charge in [0.25, 0.3) is 0 Å². The number of aromatic nitrogens is 1. The largest absolute Gasteiger partial charge is 0.507 e. The second-order valence-corrected chi connectivity index (χ2v) is 11.2. The van der Waals surface area contributed by atoms with Crippen molar-refractivity contribution in [2.24, 2.45) is 0 Å². The Morgan fingerprint density at radius 1 is 0.660 bits per heavy atom. The van der Waals surface area contributed by atoms with E-state index in [1.165, 1.54) is 42.5 Å². The number of hydrogen-bond acceptors (Lipinski definition) is 7. The molecule has 238 valence electrons. The molecular formula is C37H28ClF2NO6. The van der Waals surface area contributed by atoms with Crippen molar-refractivity contribution in [3.63, 3.8) is 0 Å². The third kappa shape index (κ3) is 6.71. The quantitative estimate of drug-likeness (QED) is 0.195. The molecule has 7 nitrogen and oxygen atoms in total. The molecule has 0 aliphatic heterocycles. The van der Waals surface area contributed by atoms with Crippen molar-refractivity contribution in [2.75, 3.05) is 0 Å². The topological polar surface area (TPSA) is 114 Å². The molecule has 3 aromatic heterocycles.